The number of benzene rings is 1. The predicted molar refractivity (Wildman–Crippen MR) is 101 cm³/mol. The third-order valence-electron chi connectivity index (χ3n) is 4.59. The molecular weight excluding hydrogens is 326 g/mol. The van der Waals surface area contributed by atoms with E-state index in [-0.39, 0.29) is 5.91 Å². The maximum Gasteiger partial charge on any atom is 0.262 e. The minimum atomic E-state index is -0.00220. The number of nitrogens with zero attached hydrogens (tertiary/aromatic N) is 4. The first-order valence-electron chi connectivity index (χ1n) is 8.89. The van der Waals surface area contributed by atoms with E-state index in [0.717, 1.165) is 31.6 Å². The molecule has 1 aliphatic rings. The van der Waals surface area contributed by atoms with Crippen molar-refractivity contribution in [2.45, 2.75) is 19.4 Å². The van der Waals surface area contributed by atoms with Crippen LogP contribution in [0.3, 0.4) is 0 Å². The van der Waals surface area contributed by atoms with Crippen molar-refractivity contribution >= 4 is 17.4 Å². The van der Waals surface area contributed by atoms with E-state index in [1.807, 2.05) is 52.2 Å². The van der Waals surface area contributed by atoms with Crippen LogP contribution >= 0.6 is 0 Å². The lowest BCUT2D eigenvalue weighted by molar-refractivity contribution is 0.0990. The highest BCUT2D eigenvalue weighted by Crippen LogP contribution is 2.29. The number of aromatic nitrogens is 3. The van der Waals surface area contributed by atoms with Crippen molar-refractivity contribution in [2.24, 2.45) is 0 Å². The molecule has 26 heavy (non-hydrogen) atoms. The van der Waals surface area contributed by atoms with Gasteiger partial charge in [-0.15, -0.1) is 0 Å². The molecule has 0 spiro atoms. The van der Waals surface area contributed by atoms with Gasteiger partial charge in [-0.3, -0.25) is 9.48 Å². The van der Waals surface area contributed by atoms with Crippen LogP contribution in [0.2, 0.25) is 0 Å². The fraction of sp³-hybridized carbons (Fsp3) is 0.250. The first-order chi connectivity index (χ1) is 12.8. The van der Waals surface area contributed by atoms with E-state index < -0.39 is 0 Å². The number of amides is 1. The molecule has 6 nitrogen and oxygen atoms in total. The van der Waals surface area contributed by atoms with Gasteiger partial charge in [0.1, 0.15) is 5.82 Å². The summed E-state index contributed by atoms with van der Waals surface area (Å²) in [4.78, 5) is 19.3. The van der Waals surface area contributed by atoms with Crippen molar-refractivity contribution in [3.05, 3.63) is 72.2 Å². The van der Waals surface area contributed by atoms with E-state index in [4.69, 9.17) is 0 Å². The number of carbonyl (C=O) groups is 1. The van der Waals surface area contributed by atoms with Gasteiger partial charge in [-0.1, -0.05) is 18.2 Å². The van der Waals surface area contributed by atoms with Gasteiger partial charge in [-0.25, -0.2) is 4.98 Å². The van der Waals surface area contributed by atoms with Crippen molar-refractivity contribution in [3.8, 4) is 0 Å². The minimum absolute atomic E-state index is 0.00220. The number of para-hydroxylation sites is 1. The number of hydrogen-bond donors (Lipinski definition) is 1. The maximum absolute atomic E-state index is 13.1. The van der Waals surface area contributed by atoms with Gasteiger partial charge in [0.25, 0.3) is 5.91 Å². The molecule has 6 heteroatoms. The van der Waals surface area contributed by atoms with E-state index in [9.17, 15) is 4.79 Å². The van der Waals surface area contributed by atoms with Gasteiger partial charge in [0.2, 0.25) is 0 Å². The third kappa shape index (κ3) is 3.31. The highest BCUT2D eigenvalue weighted by Gasteiger charge is 2.26. The van der Waals surface area contributed by atoms with Crippen molar-refractivity contribution < 1.29 is 4.79 Å². The molecule has 0 saturated heterocycles. The fourth-order valence-corrected chi connectivity index (χ4v) is 3.29. The van der Waals surface area contributed by atoms with Gasteiger partial charge in [0.05, 0.1) is 5.56 Å². The zero-order valence-electron chi connectivity index (χ0n) is 14.5. The molecule has 1 N–H and O–H groups in total. The largest absolute Gasteiger partial charge is 0.369 e. The Hall–Kier alpha value is -3.15. The van der Waals surface area contributed by atoms with Crippen LogP contribution in [0.15, 0.2) is 61.1 Å². The lowest BCUT2D eigenvalue weighted by Gasteiger charge is -2.19. The van der Waals surface area contributed by atoms with Crippen LogP contribution in [0, 0.1) is 0 Å². The Kier molecular flexibility index (Phi) is 4.64. The molecule has 2 aromatic heterocycles. The highest BCUT2D eigenvalue weighted by molar-refractivity contribution is 6.10. The average molecular weight is 347 g/mol. The Morgan fingerprint density at radius 2 is 2.04 bits per heavy atom. The second-order valence-electron chi connectivity index (χ2n) is 6.28. The molecule has 0 radical (unpaired) electrons. The van der Waals surface area contributed by atoms with Crippen molar-refractivity contribution in [2.75, 3.05) is 23.3 Å². The molecule has 0 atom stereocenters. The van der Waals surface area contributed by atoms with Gasteiger partial charge in [0.15, 0.2) is 0 Å². The molecule has 1 aliphatic heterocycles. The average Bonchev–Trinajstić information content (AvgIpc) is 3.35. The van der Waals surface area contributed by atoms with Crippen LogP contribution < -0.4 is 10.2 Å². The van der Waals surface area contributed by atoms with E-state index >= 15 is 0 Å². The fourth-order valence-electron chi connectivity index (χ4n) is 3.29. The van der Waals surface area contributed by atoms with E-state index in [1.165, 1.54) is 5.56 Å². The first kappa shape index (κ1) is 16.3. The van der Waals surface area contributed by atoms with E-state index in [2.05, 4.69) is 21.5 Å². The molecule has 0 saturated carbocycles. The molecular formula is C20H21N5O. The topological polar surface area (TPSA) is 63.1 Å². The summed E-state index contributed by atoms with van der Waals surface area (Å²) in [5.74, 6) is 0.639. The molecule has 3 aromatic rings. The van der Waals surface area contributed by atoms with Gasteiger partial charge in [0, 0.05) is 43.9 Å². The van der Waals surface area contributed by atoms with Gasteiger partial charge in [-0.05, 0) is 42.7 Å². The maximum atomic E-state index is 13.1. The Bertz CT molecular complexity index is 891. The second-order valence-corrected chi connectivity index (χ2v) is 6.28. The summed E-state index contributed by atoms with van der Waals surface area (Å²) in [6.45, 7) is 2.27. The van der Waals surface area contributed by atoms with E-state index in [1.54, 1.807) is 12.4 Å². The van der Waals surface area contributed by atoms with Gasteiger partial charge in [-0.2, -0.15) is 5.10 Å². The molecule has 0 bridgehead atoms. The molecule has 0 fully saturated rings. The number of anilines is 2. The molecule has 1 amide bonds. The Balaban J connectivity index is 1.45. The quantitative estimate of drug-likeness (QED) is 0.696. The molecule has 1 aromatic carbocycles. The SMILES string of the molecule is O=C(c1cccnc1NCCCn1cccn1)N1CCc2ccccc21. The van der Waals surface area contributed by atoms with Crippen LogP contribution in [0.5, 0.6) is 0 Å². The molecule has 0 aliphatic carbocycles. The predicted octanol–water partition coefficient (Wildman–Crippen LogP) is 2.98. The number of fused-ring (bicyclic) bond motifs is 1. The summed E-state index contributed by atoms with van der Waals surface area (Å²) in [7, 11) is 0. The van der Waals surface area contributed by atoms with Gasteiger partial charge < -0.3 is 10.2 Å². The summed E-state index contributed by atoms with van der Waals surface area (Å²) in [5, 5.41) is 7.50. The summed E-state index contributed by atoms with van der Waals surface area (Å²) < 4.78 is 1.90. The molecule has 0 unspecified atom stereocenters. The zero-order valence-corrected chi connectivity index (χ0v) is 14.5. The van der Waals surface area contributed by atoms with Crippen LogP contribution in [0.4, 0.5) is 11.5 Å². The summed E-state index contributed by atoms with van der Waals surface area (Å²) >= 11 is 0. The van der Waals surface area contributed by atoms with Crippen LogP contribution in [-0.4, -0.2) is 33.8 Å². The Labute approximate surface area is 152 Å². The van der Waals surface area contributed by atoms with E-state index in [0.29, 0.717) is 17.9 Å². The smallest absolute Gasteiger partial charge is 0.262 e. The number of aryl methyl sites for hydroxylation is 1. The van der Waals surface area contributed by atoms with Crippen molar-refractivity contribution in [1.82, 2.24) is 14.8 Å². The highest BCUT2D eigenvalue weighted by atomic mass is 16.2. The number of hydrogen-bond acceptors (Lipinski definition) is 4. The third-order valence-corrected chi connectivity index (χ3v) is 4.59. The van der Waals surface area contributed by atoms with Crippen molar-refractivity contribution in [3.63, 3.8) is 0 Å². The summed E-state index contributed by atoms with van der Waals surface area (Å²) in [6.07, 6.45) is 7.23. The molecule has 3 heterocycles. The normalized spacial score (nSPS) is 12.8. The number of nitrogens with one attached hydrogen (secondary N) is 1. The molecule has 4 rings (SSSR count). The summed E-state index contributed by atoms with van der Waals surface area (Å²) in [5.41, 5.74) is 2.84. The lowest BCUT2D eigenvalue weighted by atomic mass is 10.1. The second kappa shape index (κ2) is 7.39. The number of pyridine rings is 1. The zero-order chi connectivity index (χ0) is 17.8. The van der Waals surface area contributed by atoms with Crippen LogP contribution in [-0.2, 0) is 13.0 Å². The van der Waals surface area contributed by atoms with Crippen molar-refractivity contribution in [1.29, 1.82) is 0 Å². The lowest BCUT2D eigenvalue weighted by Crippen LogP contribution is -2.30. The standard InChI is InChI=1S/C20H21N5O/c26-20(25-15-9-16-6-1-2-8-18(16)25)17-7-3-10-21-19(17)22-11-4-13-24-14-5-12-23-24/h1-3,5-8,10,12,14H,4,9,11,13,15H2,(H,21,22). The first-order valence-corrected chi connectivity index (χ1v) is 8.89. The van der Waals surface area contributed by atoms with Crippen LogP contribution in [0.25, 0.3) is 0 Å². The number of rotatable bonds is 6. The monoisotopic (exact) mass is 347 g/mol. The Morgan fingerprint density at radius 1 is 1.12 bits per heavy atom. The van der Waals surface area contributed by atoms with Gasteiger partial charge >= 0.3 is 0 Å². The van der Waals surface area contributed by atoms with Crippen LogP contribution in [0.1, 0.15) is 22.3 Å². The summed E-state index contributed by atoms with van der Waals surface area (Å²) in [6, 6.07) is 13.6. The number of carbonyl (C=O) groups excluding carboxylic acids is 1. The Morgan fingerprint density at radius 3 is 2.92 bits per heavy atom. The molecule has 132 valence electrons. The minimum Gasteiger partial charge on any atom is -0.369 e.